The van der Waals surface area contributed by atoms with Crippen LogP contribution in [0.5, 0.6) is 0 Å². The van der Waals surface area contributed by atoms with Crippen molar-refractivity contribution in [2.24, 2.45) is 7.05 Å². The van der Waals surface area contributed by atoms with Crippen molar-refractivity contribution in [3.8, 4) is 0 Å². The predicted molar refractivity (Wildman–Crippen MR) is 96.4 cm³/mol. The number of carboxylic acid groups (broad SMARTS) is 1. The Labute approximate surface area is 151 Å². The molecule has 0 aliphatic carbocycles. The van der Waals surface area contributed by atoms with E-state index >= 15 is 0 Å². The number of aromatic nitrogens is 2. The van der Waals surface area contributed by atoms with Gasteiger partial charge in [0, 0.05) is 24.4 Å². The molecule has 0 saturated heterocycles. The molecule has 26 heavy (non-hydrogen) atoms. The summed E-state index contributed by atoms with van der Waals surface area (Å²) in [6.07, 6.45) is 0.969. The average molecular weight is 379 g/mol. The molecule has 0 fully saturated rings. The zero-order valence-electron chi connectivity index (χ0n) is 15.2. The molecule has 8 nitrogen and oxygen atoms in total. The molecule has 2 N–H and O–H groups in total. The molecule has 0 aliphatic rings. The first-order valence-corrected chi connectivity index (χ1v) is 9.62. The first-order chi connectivity index (χ1) is 11.8. The smallest absolute Gasteiger partial charge is 0.335 e. The highest BCUT2D eigenvalue weighted by Gasteiger charge is 2.22. The number of carboxylic acids is 1. The van der Waals surface area contributed by atoms with Gasteiger partial charge >= 0.3 is 5.97 Å². The summed E-state index contributed by atoms with van der Waals surface area (Å²) in [5.41, 5.74) is 0.596. The van der Waals surface area contributed by atoms with Gasteiger partial charge in [0.1, 0.15) is 5.69 Å². The number of benzene rings is 1. The lowest BCUT2D eigenvalue weighted by atomic mass is 9.92. The number of aryl methyl sites for hydroxylation is 1. The Morgan fingerprint density at radius 2 is 1.77 bits per heavy atom. The number of nitrogens with one attached hydrogen (secondary N) is 1. The van der Waals surface area contributed by atoms with E-state index in [1.165, 1.54) is 16.8 Å². The summed E-state index contributed by atoms with van der Waals surface area (Å²) in [5.74, 6) is -1.81. The lowest BCUT2D eigenvalue weighted by Crippen LogP contribution is -2.17. The van der Waals surface area contributed by atoms with E-state index in [0.717, 1.165) is 18.0 Å². The van der Waals surface area contributed by atoms with Gasteiger partial charge in [-0.05, 0) is 24.3 Å². The van der Waals surface area contributed by atoms with Gasteiger partial charge in [0.05, 0.1) is 16.2 Å². The maximum atomic E-state index is 12.5. The highest BCUT2D eigenvalue weighted by molar-refractivity contribution is 7.90. The highest BCUT2D eigenvalue weighted by atomic mass is 32.2. The quantitative estimate of drug-likeness (QED) is 0.839. The highest BCUT2D eigenvalue weighted by Crippen LogP contribution is 2.23. The fraction of sp³-hybridized carbons (Fsp3) is 0.353. The first kappa shape index (κ1) is 19.6. The minimum Gasteiger partial charge on any atom is -0.478 e. The third-order valence-electron chi connectivity index (χ3n) is 3.72. The number of hydrogen-bond acceptors (Lipinski definition) is 5. The maximum Gasteiger partial charge on any atom is 0.335 e. The zero-order valence-corrected chi connectivity index (χ0v) is 16.0. The molecule has 9 heteroatoms. The summed E-state index contributed by atoms with van der Waals surface area (Å²) in [4.78, 5) is 23.6. The second-order valence-electron chi connectivity index (χ2n) is 7.07. The number of sulfone groups is 1. The van der Waals surface area contributed by atoms with E-state index in [2.05, 4.69) is 10.4 Å². The van der Waals surface area contributed by atoms with Crippen LogP contribution in [-0.2, 0) is 22.3 Å². The van der Waals surface area contributed by atoms with Gasteiger partial charge in [-0.25, -0.2) is 13.2 Å². The third-order valence-corrected chi connectivity index (χ3v) is 4.81. The Morgan fingerprint density at radius 3 is 2.23 bits per heavy atom. The van der Waals surface area contributed by atoms with Crippen LogP contribution in [-0.4, -0.2) is 41.4 Å². The van der Waals surface area contributed by atoms with Crippen LogP contribution in [0.25, 0.3) is 0 Å². The number of hydrogen-bond donors (Lipinski definition) is 2. The van der Waals surface area contributed by atoms with Gasteiger partial charge < -0.3 is 10.4 Å². The number of anilines is 1. The molecule has 2 aromatic rings. The average Bonchev–Trinajstić information content (AvgIpc) is 2.88. The van der Waals surface area contributed by atoms with Crippen molar-refractivity contribution in [1.82, 2.24) is 9.78 Å². The predicted octanol–water partition coefficient (Wildman–Crippen LogP) is 2.07. The number of aromatic carboxylic acids is 1. The molecule has 0 spiro atoms. The van der Waals surface area contributed by atoms with Crippen molar-refractivity contribution in [1.29, 1.82) is 0 Å². The summed E-state index contributed by atoms with van der Waals surface area (Å²) in [5, 5.41) is 16.0. The lowest BCUT2D eigenvalue weighted by molar-refractivity contribution is 0.0696. The molecular weight excluding hydrogens is 358 g/mol. The summed E-state index contributed by atoms with van der Waals surface area (Å²) < 4.78 is 25.0. The van der Waals surface area contributed by atoms with Crippen LogP contribution in [0.1, 0.15) is 47.3 Å². The first-order valence-electron chi connectivity index (χ1n) is 7.73. The van der Waals surface area contributed by atoms with Crippen LogP contribution in [0.3, 0.4) is 0 Å². The van der Waals surface area contributed by atoms with Crippen LogP contribution in [0, 0.1) is 0 Å². The molecule has 0 bridgehead atoms. The summed E-state index contributed by atoms with van der Waals surface area (Å²) in [7, 11) is -2.01. The Kier molecular flexibility index (Phi) is 4.96. The summed E-state index contributed by atoms with van der Waals surface area (Å²) in [6, 6.07) is 5.12. The van der Waals surface area contributed by atoms with E-state index in [1.807, 2.05) is 20.8 Å². The fourth-order valence-electron chi connectivity index (χ4n) is 2.25. The van der Waals surface area contributed by atoms with Gasteiger partial charge in [-0.3, -0.25) is 9.48 Å². The maximum absolute atomic E-state index is 12.5. The lowest BCUT2D eigenvalue weighted by Gasteiger charge is -2.13. The van der Waals surface area contributed by atoms with Crippen LogP contribution in [0.4, 0.5) is 5.69 Å². The number of amides is 1. The molecule has 0 radical (unpaired) electrons. The van der Waals surface area contributed by atoms with Crippen LogP contribution >= 0.6 is 0 Å². The normalized spacial score (nSPS) is 12.0. The van der Waals surface area contributed by atoms with Gasteiger partial charge in [0.2, 0.25) is 0 Å². The molecule has 0 atom stereocenters. The summed E-state index contributed by atoms with van der Waals surface area (Å²) >= 11 is 0. The van der Waals surface area contributed by atoms with E-state index in [0.29, 0.717) is 0 Å². The molecule has 0 aliphatic heterocycles. The molecule has 1 aromatic carbocycles. The second-order valence-corrected chi connectivity index (χ2v) is 9.08. The monoisotopic (exact) mass is 379 g/mol. The Morgan fingerprint density at radius 1 is 1.15 bits per heavy atom. The Balaban J connectivity index is 2.42. The second kappa shape index (κ2) is 6.56. The number of carbonyl (C=O) groups is 2. The van der Waals surface area contributed by atoms with E-state index < -0.39 is 21.7 Å². The van der Waals surface area contributed by atoms with Crippen molar-refractivity contribution in [3.63, 3.8) is 0 Å². The van der Waals surface area contributed by atoms with Gasteiger partial charge in [0.15, 0.2) is 9.84 Å². The molecule has 2 rings (SSSR count). The molecule has 1 aromatic heterocycles. The fourth-order valence-corrected chi connectivity index (χ4v) is 2.93. The van der Waals surface area contributed by atoms with Crippen LogP contribution in [0.2, 0.25) is 0 Å². The zero-order chi connectivity index (χ0) is 19.9. The van der Waals surface area contributed by atoms with Crippen molar-refractivity contribution in [3.05, 3.63) is 41.2 Å². The van der Waals surface area contributed by atoms with E-state index in [9.17, 15) is 18.0 Å². The third kappa shape index (κ3) is 4.29. The Hall–Kier alpha value is -2.68. The van der Waals surface area contributed by atoms with Gasteiger partial charge in [-0.2, -0.15) is 5.10 Å². The minimum absolute atomic E-state index is 0.0776. The van der Waals surface area contributed by atoms with Gasteiger partial charge in [-0.1, -0.05) is 20.8 Å². The molecule has 1 amide bonds. The Bertz CT molecular complexity index is 984. The molecule has 140 valence electrons. The van der Waals surface area contributed by atoms with E-state index in [-0.39, 0.29) is 27.3 Å². The number of nitrogens with zero attached hydrogens (tertiary/aromatic N) is 2. The standard InChI is InChI=1S/C17H21N3O5S/c1-17(2,3)14-9-13(20(4)19-14)15(21)18-11-6-10(16(22)23)7-12(8-11)26(5,24)25/h6-9H,1-5H3,(H,18,21)(H,22,23). The van der Waals surface area contributed by atoms with Crippen molar-refractivity contribution >= 4 is 27.4 Å². The van der Waals surface area contributed by atoms with E-state index in [1.54, 1.807) is 13.1 Å². The number of rotatable bonds is 4. The van der Waals surface area contributed by atoms with E-state index in [4.69, 9.17) is 5.11 Å². The van der Waals surface area contributed by atoms with Crippen LogP contribution in [0.15, 0.2) is 29.2 Å². The molecule has 1 heterocycles. The molecular formula is C17H21N3O5S. The minimum atomic E-state index is -3.64. The van der Waals surface area contributed by atoms with Crippen molar-refractivity contribution in [2.45, 2.75) is 31.1 Å². The van der Waals surface area contributed by atoms with Crippen molar-refractivity contribution in [2.75, 3.05) is 11.6 Å². The van der Waals surface area contributed by atoms with Crippen LogP contribution < -0.4 is 5.32 Å². The number of carbonyl (C=O) groups excluding carboxylic acids is 1. The van der Waals surface area contributed by atoms with Gasteiger partial charge in [0.25, 0.3) is 5.91 Å². The molecule has 0 unspecified atom stereocenters. The van der Waals surface area contributed by atoms with Crippen molar-refractivity contribution < 1.29 is 23.1 Å². The van der Waals surface area contributed by atoms with Gasteiger partial charge in [-0.15, -0.1) is 0 Å². The molecule has 0 saturated carbocycles. The largest absolute Gasteiger partial charge is 0.478 e. The summed E-state index contributed by atoms with van der Waals surface area (Å²) in [6.45, 7) is 5.89. The SMILES string of the molecule is Cn1nc(C(C)(C)C)cc1C(=O)Nc1cc(C(=O)O)cc(S(C)(=O)=O)c1. The topological polar surface area (TPSA) is 118 Å².